The van der Waals surface area contributed by atoms with E-state index in [-0.39, 0.29) is 39.3 Å². The van der Waals surface area contributed by atoms with Crippen molar-refractivity contribution in [2.24, 2.45) is 23.7 Å². The van der Waals surface area contributed by atoms with Crippen molar-refractivity contribution >= 4 is 34.5 Å². The number of hydrogen-bond donors (Lipinski definition) is 4. The van der Waals surface area contributed by atoms with Crippen LogP contribution in [0.5, 0.6) is 11.5 Å². The summed E-state index contributed by atoms with van der Waals surface area (Å²) in [5.74, 6) is -7.00. The molecule has 0 spiro atoms. The van der Waals surface area contributed by atoms with Gasteiger partial charge in [0.25, 0.3) is 11.7 Å². The summed E-state index contributed by atoms with van der Waals surface area (Å²) >= 11 is 0. The summed E-state index contributed by atoms with van der Waals surface area (Å²) in [4.78, 5) is 52.4. The smallest absolute Gasteiger partial charge is 0.312 e. The molecule has 4 heterocycles. The maximum Gasteiger partial charge on any atom is 0.312 e. The lowest BCUT2D eigenvalue weighted by atomic mass is 9.78. The first-order valence-electron chi connectivity index (χ1n) is 16.1. The van der Waals surface area contributed by atoms with Crippen LogP contribution in [0.15, 0.2) is 51.4 Å². The predicted molar refractivity (Wildman–Crippen MR) is 179 cm³/mol. The highest BCUT2D eigenvalue weighted by molar-refractivity contribution is 6.16. The lowest BCUT2D eigenvalue weighted by Gasteiger charge is -2.38. The molecule has 1 aromatic carbocycles. The number of nitrogens with one attached hydrogen (secondary N) is 1. The lowest BCUT2D eigenvalue weighted by Crippen LogP contribution is -2.46. The average Bonchev–Trinajstić information content (AvgIpc) is 3.31. The molecule has 0 aliphatic carbocycles. The molecule has 5 rings (SSSR count). The summed E-state index contributed by atoms with van der Waals surface area (Å²) in [6.07, 6.45) is 3.71. The van der Waals surface area contributed by atoms with E-state index in [9.17, 15) is 34.5 Å². The number of phenols is 1. The van der Waals surface area contributed by atoms with Crippen LogP contribution in [-0.2, 0) is 23.8 Å². The Kier molecular flexibility index (Phi) is 11.1. The molecule has 49 heavy (non-hydrogen) atoms. The number of allylic oxidation sites excluding steroid dienone is 2. The summed E-state index contributed by atoms with van der Waals surface area (Å²) < 4.78 is 28.9. The molecule has 1 amide bonds. The van der Waals surface area contributed by atoms with Crippen LogP contribution >= 0.6 is 0 Å². The van der Waals surface area contributed by atoms with E-state index in [2.05, 4.69) is 5.32 Å². The standard InChI is InChI=1S/C36H45NO12/c1-16-11-10-12-17(2)35(44)37-25-15-23(39)26-27-32(21(6)30(42)33(26)48-25)49-36(8,34(27)43)46-14-13-24(45-9)18(3)31(47-22(7)38)20(5)29(41)19(4)28(16)40/h10-16,18-20,24,28-29,31,40-42H,1-9H3,(H,37,44)/t16-,18+,19+,20+,24-,28-,29+,31-,36+/m0/s1. The van der Waals surface area contributed by atoms with Crippen LogP contribution in [-0.4, -0.2) is 70.3 Å². The molecule has 1 aromatic heterocycles. The van der Waals surface area contributed by atoms with Gasteiger partial charge in [0.2, 0.25) is 5.88 Å². The summed E-state index contributed by atoms with van der Waals surface area (Å²) in [5.41, 5.74) is -0.847. The van der Waals surface area contributed by atoms with E-state index in [0.29, 0.717) is 0 Å². The minimum absolute atomic E-state index is 0.0639. The fourth-order valence-corrected chi connectivity index (χ4v) is 6.34. The van der Waals surface area contributed by atoms with E-state index in [1.807, 2.05) is 0 Å². The number of fused-ring (bicyclic) bond motifs is 14. The number of aromatic hydroxyl groups is 1. The Bertz CT molecular complexity index is 1770. The zero-order chi connectivity index (χ0) is 36.5. The number of hydrogen-bond acceptors (Lipinski definition) is 12. The van der Waals surface area contributed by atoms with Gasteiger partial charge in [-0.15, -0.1) is 0 Å². The van der Waals surface area contributed by atoms with Gasteiger partial charge in [0.1, 0.15) is 11.9 Å². The fraction of sp³-hybridized carbons (Fsp3) is 0.500. The van der Waals surface area contributed by atoms with E-state index in [1.165, 1.54) is 53.2 Å². The summed E-state index contributed by atoms with van der Waals surface area (Å²) in [5, 5.41) is 35.8. The van der Waals surface area contributed by atoms with Crippen molar-refractivity contribution in [3.05, 3.63) is 63.6 Å². The molecule has 0 fully saturated rings. The minimum Gasteiger partial charge on any atom is -0.504 e. The van der Waals surface area contributed by atoms with Gasteiger partial charge in [0, 0.05) is 61.8 Å². The number of amides is 1. The summed E-state index contributed by atoms with van der Waals surface area (Å²) in [6, 6.07) is 0.997. The molecule has 0 saturated carbocycles. The van der Waals surface area contributed by atoms with Crippen molar-refractivity contribution in [3.63, 3.8) is 0 Å². The third-order valence-corrected chi connectivity index (χ3v) is 9.47. The van der Waals surface area contributed by atoms with Crippen LogP contribution in [0.1, 0.15) is 64.4 Å². The van der Waals surface area contributed by atoms with Crippen molar-refractivity contribution in [2.45, 2.75) is 85.6 Å². The van der Waals surface area contributed by atoms with Crippen LogP contribution < -0.4 is 15.5 Å². The molecule has 0 unspecified atom stereocenters. The molecule has 2 aromatic rings. The van der Waals surface area contributed by atoms with Crippen LogP contribution in [0.3, 0.4) is 0 Å². The van der Waals surface area contributed by atoms with Crippen molar-refractivity contribution in [1.82, 2.24) is 0 Å². The number of rotatable bonds is 2. The zero-order valence-electron chi connectivity index (χ0n) is 29.1. The molecule has 9 atom stereocenters. The maximum atomic E-state index is 13.8. The fourth-order valence-electron chi connectivity index (χ4n) is 6.34. The molecule has 5 bridgehead atoms. The topological polar surface area (TPSA) is 191 Å². The Balaban J connectivity index is 1.84. The summed E-state index contributed by atoms with van der Waals surface area (Å²) in [7, 11) is 1.44. The number of benzene rings is 1. The number of ether oxygens (including phenoxy) is 4. The van der Waals surface area contributed by atoms with Crippen LogP contribution in [0.2, 0.25) is 0 Å². The van der Waals surface area contributed by atoms with Gasteiger partial charge in [-0.1, -0.05) is 45.9 Å². The van der Waals surface area contributed by atoms with E-state index in [0.717, 1.165) is 6.07 Å². The number of methoxy groups -OCH3 is 1. The van der Waals surface area contributed by atoms with E-state index in [4.69, 9.17) is 23.4 Å². The van der Waals surface area contributed by atoms with Crippen molar-refractivity contribution < 1.29 is 53.1 Å². The minimum atomic E-state index is -1.96. The average molecular weight is 684 g/mol. The highest BCUT2D eigenvalue weighted by atomic mass is 16.7. The van der Waals surface area contributed by atoms with Crippen LogP contribution in [0, 0.1) is 30.6 Å². The first-order valence-corrected chi connectivity index (χ1v) is 16.1. The summed E-state index contributed by atoms with van der Waals surface area (Å²) in [6.45, 7) is 12.5. The Morgan fingerprint density at radius 3 is 2.31 bits per heavy atom. The van der Waals surface area contributed by atoms with Gasteiger partial charge in [0.05, 0.1) is 35.5 Å². The van der Waals surface area contributed by atoms with Gasteiger partial charge in [-0.3, -0.25) is 24.5 Å². The highest BCUT2D eigenvalue weighted by Crippen LogP contribution is 2.46. The number of esters is 1. The van der Waals surface area contributed by atoms with Crippen molar-refractivity contribution in [1.29, 1.82) is 0 Å². The van der Waals surface area contributed by atoms with Crippen molar-refractivity contribution in [2.75, 3.05) is 12.4 Å². The molecular weight excluding hydrogens is 638 g/mol. The lowest BCUT2D eigenvalue weighted by molar-refractivity contribution is -0.160. The number of aliphatic hydroxyl groups is 2. The van der Waals surface area contributed by atoms with E-state index in [1.54, 1.807) is 39.8 Å². The normalized spacial score (nSPS) is 31.3. The maximum absolute atomic E-state index is 13.8. The number of anilines is 1. The second kappa shape index (κ2) is 14.6. The monoisotopic (exact) mass is 683 g/mol. The highest BCUT2D eigenvalue weighted by Gasteiger charge is 2.49. The second-order valence-corrected chi connectivity index (χ2v) is 13.1. The van der Waals surface area contributed by atoms with Gasteiger partial charge in [-0.2, -0.15) is 0 Å². The Morgan fingerprint density at radius 1 is 1.00 bits per heavy atom. The number of carbonyl (C=O) groups is 3. The quantitative estimate of drug-likeness (QED) is 0.329. The first kappa shape index (κ1) is 37.4. The van der Waals surface area contributed by atoms with Gasteiger partial charge in [-0.25, -0.2) is 0 Å². The van der Waals surface area contributed by atoms with Crippen molar-refractivity contribution in [3.8, 4) is 11.5 Å². The number of aliphatic hydroxyl groups excluding tert-OH is 2. The Morgan fingerprint density at radius 2 is 1.67 bits per heavy atom. The molecular formula is C36H45NO12. The first-order chi connectivity index (χ1) is 22.9. The number of Topliss-reactive ketones (excluding diaryl/α,β-unsaturated/α-hetero) is 1. The van der Waals surface area contributed by atoms with Crippen LogP contribution in [0.4, 0.5) is 5.88 Å². The third kappa shape index (κ3) is 7.29. The van der Waals surface area contributed by atoms with Gasteiger partial charge in [-0.05, 0) is 19.9 Å². The molecule has 0 radical (unpaired) electrons. The number of phenolic OH excluding ortho intramolecular Hbond substituents is 1. The largest absolute Gasteiger partial charge is 0.504 e. The molecule has 4 N–H and O–H groups in total. The van der Waals surface area contributed by atoms with E-state index < -0.39 is 82.7 Å². The number of ketones is 1. The van der Waals surface area contributed by atoms with Crippen LogP contribution in [0.25, 0.3) is 11.0 Å². The molecule has 13 heteroatoms. The van der Waals surface area contributed by atoms with Gasteiger partial charge < -0.3 is 38.7 Å². The number of carbonyl (C=O) groups excluding carboxylic acids is 3. The SMILES string of the molecule is CO[C@H]1C=CO[C@]2(C)Oc3c(C)c(O)c4oc(cc(=O)c4c3C2=O)NC(=O)C(C)=CC=C[C@H](C)[C@H](O)[C@@H](C)[C@@H](O)[C@@H](C)[C@@H](OC(C)=O)[C@@H]1C. The molecule has 3 aliphatic rings. The Labute approximate surface area is 284 Å². The van der Waals surface area contributed by atoms with Gasteiger partial charge in [0.15, 0.2) is 16.8 Å². The molecule has 0 saturated heterocycles. The third-order valence-electron chi connectivity index (χ3n) is 9.47. The Hall–Kier alpha value is -4.46. The zero-order valence-corrected chi connectivity index (χ0v) is 29.1. The van der Waals surface area contributed by atoms with E-state index >= 15 is 0 Å². The van der Waals surface area contributed by atoms with Gasteiger partial charge >= 0.3 is 11.8 Å². The molecule has 266 valence electrons. The second-order valence-electron chi connectivity index (χ2n) is 13.1. The molecule has 3 aliphatic heterocycles. The molecule has 13 nitrogen and oxygen atoms in total. The predicted octanol–water partition coefficient (Wildman–Crippen LogP) is 4.30.